The van der Waals surface area contributed by atoms with Crippen LogP contribution < -0.4 is 10.1 Å². The number of hydrogen-bond acceptors (Lipinski definition) is 5. The van der Waals surface area contributed by atoms with Crippen LogP contribution >= 0.6 is 0 Å². The molecule has 1 aliphatic heterocycles. The third-order valence-electron chi connectivity index (χ3n) is 3.25. The van der Waals surface area contributed by atoms with Crippen molar-refractivity contribution < 1.29 is 14.4 Å². The van der Waals surface area contributed by atoms with Crippen LogP contribution in [0.5, 0.6) is 5.75 Å². The van der Waals surface area contributed by atoms with Gasteiger partial charge in [-0.3, -0.25) is 10.1 Å². The molecule has 1 N–H and O–H groups in total. The first-order valence-corrected chi connectivity index (χ1v) is 6.80. The fraction of sp³-hybridized carbons (Fsp3) is 0.571. The van der Waals surface area contributed by atoms with E-state index in [9.17, 15) is 10.1 Å². The summed E-state index contributed by atoms with van der Waals surface area (Å²) in [6, 6.07) is 5.09. The lowest BCUT2D eigenvalue weighted by atomic mass is 10.1. The predicted octanol–water partition coefficient (Wildman–Crippen LogP) is 2.97. The Labute approximate surface area is 118 Å². The summed E-state index contributed by atoms with van der Waals surface area (Å²) in [6.07, 6.45) is 0.954. The van der Waals surface area contributed by atoms with Gasteiger partial charge in [-0.1, -0.05) is 0 Å². The summed E-state index contributed by atoms with van der Waals surface area (Å²) in [4.78, 5) is 10.6. The van der Waals surface area contributed by atoms with E-state index in [0.29, 0.717) is 5.75 Å². The average Bonchev–Trinajstić information content (AvgIpc) is 2.74. The number of anilines is 1. The molecule has 0 aliphatic carbocycles. The first-order chi connectivity index (χ1) is 9.47. The van der Waals surface area contributed by atoms with Crippen LogP contribution in [0.1, 0.15) is 27.2 Å². The van der Waals surface area contributed by atoms with Crippen LogP contribution in [0.2, 0.25) is 0 Å². The number of benzene rings is 1. The van der Waals surface area contributed by atoms with Crippen molar-refractivity contribution in [3.05, 3.63) is 28.3 Å². The summed E-state index contributed by atoms with van der Waals surface area (Å²) in [6.45, 7) is 6.44. The number of nitro benzene ring substituents is 1. The molecule has 20 heavy (non-hydrogen) atoms. The highest BCUT2D eigenvalue weighted by atomic mass is 16.6. The van der Waals surface area contributed by atoms with E-state index in [-0.39, 0.29) is 23.9 Å². The molecular formula is C14H20N2O4. The Morgan fingerprint density at radius 2 is 2.25 bits per heavy atom. The Kier molecular flexibility index (Phi) is 4.44. The van der Waals surface area contributed by atoms with E-state index < -0.39 is 4.92 Å². The molecule has 6 nitrogen and oxygen atoms in total. The Hall–Kier alpha value is -1.82. The lowest BCUT2D eigenvalue weighted by Crippen LogP contribution is -2.26. The highest BCUT2D eigenvalue weighted by Gasteiger charge is 2.25. The van der Waals surface area contributed by atoms with Gasteiger partial charge in [-0.15, -0.1) is 0 Å². The van der Waals surface area contributed by atoms with Crippen LogP contribution in [-0.4, -0.2) is 29.8 Å². The molecule has 6 heteroatoms. The van der Waals surface area contributed by atoms with Crippen molar-refractivity contribution in [1.82, 2.24) is 0 Å². The SMILES string of the molecule is CC(C)Oc1cc(NC2CCOC2C)ccc1[N+](=O)[O-]. The molecule has 0 amide bonds. The molecular weight excluding hydrogens is 260 g/mol. The van der Waals surface area contributed by atoms with Gasteiger partial charge in [0.1, 0.15) is 0 Å². The van der Waals surface area contributed by atoms with Gasteiger partial charge in [0, 0.05) is 24.4 Å². The lowest BCUT2D eigenvalue weighted by Gasteiger charge is -2.18. The Morgan fingerprint density at radius 3 is 2.80 bits per heavy atom. The zero-order chi connectivity index (χ0) is 14.7. The number of nitrogens with zero attached hydrogens (tertiary/aromatic N) is 1. The summed E-state index contributed by atoms with van der Waals surface area (Å²) in [5.74, 6) is 0.293. The number of hydrogen-bond donors (Lipinski definition) is 1. The number of rotatable bonds is 5. The summed E-state index contributed by atoms with van der Waals surface area (Å²) in [5.41, 5.74) is 0.800. The molecule has 1 aliphatic rings. The third-order valence-corrected chi connectivity index (χ3v) is 3.25. The fourth-order valence-corrected chi connectivity index (χ4v) is 2.24. The minimum atomic E-state index is -0.428. The van der Waals surface area contributed by atoms with Crippen LogP contribution in [0.4, 0.5) is 11.4 Å². The minimum Gasteiger partial charge on any atom is -0.484 e. The maximum absolute atomic E-state index is 11.0. The van der Waals surface area contributed by atoms with Gasteiger partial charge in [-0.05, 0) is 33.3 Å². The van der Waals surface area contributed by atoms with Crippen molar-refractivity contribution in [1.29, 1.82) is 0 Å². The van der Waals surface area contributed by atoms with Crippen LogP contribution in [0.15, 0.2) is 18.2 Å². The second-order valence-corrected chi connectivity index (χ2v) is 5.22. The predicted molar refractivity (Wildman–Crippen MR) is 76.3 cm³/mol. The van der Waals surface area contributed by atoms with E-state index in [1.54, 1.807) is 12.1 Å². The molecule has 1 fully saturated rings. The maximum atomic E-state index is 11.0. The topological polar surface area (TPSA) is 73.6 Å². The van der Waals surface area contributed by atoms with Crippen LogP contribution in [0.25, 0.3) is 0 Å². The van der Waals surface area contributed by atoms with Crippen molar-refractivity contribution in [3.8, 4) is 5.75 Å². The van der Waals surface area contributed by atoms with Gasteiger partial charge in [-0.25, -0.2) is 0 Å². The van der Waals surface area contributed by atoms with Crippen molar-refractivity contribution in [2.45, 2.75) is 45.4 Å². The van der Waals surface area contributed by atoms with Crippen molar-refractivity contribution in [2.75, 3.05) is 11.9 Å². The van der Waals surface area contributed by atoms with E-state index in [4.69, 9.17) is 9.47 Å². The Balaban J connectivity index is 2.20. The van der Waals surface area contributed by atoms with Crippen LogP contribution in [0, 0.1) is 10.1 Å². The first kappa shape index (κ1) is 14.6. The molecule has 2 atom stereocenters. The number of nitro groups is 1. The molecule has 0 radical (unpaired) electrons. The van der Waals surface area contributed by atoms with E-state index in [1.807, 2.05) is 20.8 Å². The zero-order valence-electron chi connectivity index (χ0n) is 12.0. The second kappa shape index (κ2) is 6.09. The highest BCUT2D eigenvalue weighted by Crippen LogP contribution is 2.32. The summed E-state index contributed by atoms with van der Waals surface area (Å²) in [7, 11) is 0. The molecule has 0 saturated carbocycles. The molecule has 110 valence electrons. The van der Waals surface area contributed by atoms with Crippen LogP contribution in [-0.2, 0) is 4.74 Å². The van der Waals surface area contributed by atoms with Gasteiger partial charge in [-0.2, -0.15) is 0 Å². The molecule has 1 aromatic carbocycles. The Bertz CT molecular complexity index is 490. The van der Waals surface area contributed by atoms with Gasteiger partial charge in [0.2, 0.25) is 0 Å². The largest absolute Gasteiger partial charge is 0.484 e. The summed E-state index contributed by atoms with van der Waals surface area (Å²) in [5, 5.41) is 14.3. The minimum absolute atomic E-state index is 0.0139. The monoisotopic (exact) mass is 280 g/mol. The molecule has 1 aromatic rings. The molecule has 2 rings (SSSR count). The number of ether oxygens (including phenoxy) is 2. The van der Waals surface area contributed by atoms with E-state index in [1.165, 1.54) is 6.07 Å². The first-order valence-electron chi connectivity index (χ1n) is 6.80. The van der Waals surface area contributed by atoms with Gasteiger partial charge in [0.15, 0.2) is 5.75 Å². The quantitative estimate of drug-likeness (QED) is 0.663. The third kappa shape index (κ3) is 3.39. The van der Waals surface area contributed by atoms with Gasteiger partial charge < -0.3 is 14.8 Å². The lowest BCUT2D eigenvalue weighted by molar-refractivity contribution is -0.386. The molecule has 0 bridgehead atoms. The normalized spacial score (nSPS) is 22.0. The number of nitrogens with one attached hydrogen (secondary N) is 1. The molecule has 2 unspecified atom stereocenters. The molecule has 1 heterocycles. The maximum Gasteiger partial charge on any atom is 0.311 e. The van der Waals surface area contributed by atoms with Gasteiger partial charge in [0.05, 0.1) is 23.2 Å². The van der Waals surface area contributed by atoms with Crippen LogP contribution in [0.3, 0.4) is 0 Å². The Morgan fingerprint density at radius 1 is 1.50 bits per heavy atom. The summed E-state index contributed by atoms with van der Waals surface area (Å²) < 4.78 is 11.0. The molecule has 1 saturated heterocycles. The summed E-state index contributed by atoms with van der Waals surface area (Å²) >= 11 is 0. The highest BCUT2D eigenvalue weighted by molar-refractivity contribution is 5.58. The molecule has 0 spiro atoms. The standard InChI is InChI=1S/C14H20N2O4/c1-9(2)20-14-8-11(4-5-13(14)16(17)18)15-12-6-7-19-10(12)3/h4-5,8-10,12,15H,6-7H2,1-3H3. The molecule has 0 aromatic heterocycles. The average molecular weight is 280 g/mol. The van der Waals surface area contributed by atoms with Crippen molar-refractivity contribution in [3.63, 3.8) is 0 Å². The second-order valence-electron chi connectivity index (χ2n) is 5.22. The van der Waals surface area contributed by atoms with E-state index in [2.05, 4.69) is 5.32 Å². The van der Waals surface area contributed by atoms with E-state index in [0.717, 1.165) is 18.7 Å². The zero-order valence-corrected chi connectivity index (χ0v) is 12.0. The van der Waals surface area contributed by atoms with Gasteiger partial charge in [0.25, 0.3) is 0 Å². The van der Waals surface area contributed by atoms with Crippen molar-refractivity contribution >= 4 is 11.4 Å². The van der Waals surface area contributed by atoms with E-state index >= 15 is 0 Å². The van der Waals surface area contributed by atoms with Gasteiger partial charge >= 0.3 is 5.69 Å². The fourth-order valence-electron chi connectivity index (χ4n) is 2.24. The smallest absolute Gasteiger partial charge is 0.311 e. The van der Waals surface area contributed by atoms with Crippen molar-refractivity contribution in [2.24, 2.45) is 0 Å².